The normalized spacial score (nSPS) is 11.5. The third-order valence-corrected chi connectivity index (χ3v) is 2.87. The van der Waals surface area contributed by atoms with Crippen LogP contribution in [0.25, 0.3) is 0 Å². The van der Waals surface area contributed by atoms with Gasteiger partial charge in [-0.15, -0.1) is 0 Å². The van der Waals surface area contributed by atoms with Gasteiger partial charge in [-0.05, 0) is 12.8 Å². The van der Waals surface area contributed by atoms with Crippen LogP contribution in [0.2, 0.25) is 0 Å². The van der Waals surface area contributed by atoms with Crippen LogP contribution in [0, 0.1) is 0 Å². The molecule has 0 saturated carbocycles. The highest BCUT2D eigenvalue weighted by molar-refractivity contribution is 5.94. The molecule has 18 heavy (non-hydrogen) atoms. The monoisotopic (exact) mass is 257 g/mol. The van der Waals surface area contributed by atoms with E-state index in [0.717, 1.165) is 25.3 Å². The Morgan fingerprint density at radius 1 is 0.944 bits per heavy atom. The molecule has 0 bridgehead atoms. The van der Waals surface area contributed by atoms with Crippen LogP contribution in [-0.2, 0) is 9.59 Å². The van der Waals surface area contributed by atoms with E-state index >= 15 is 0 Å². The van der Waals surface area contributed by atoms with Gasteiger partial charge in [0.15, 0.2) is 0 Å². The van der Waals surface area contributed by atoms with Gasteiger partial charge in [0.2, 0.25) is 0 Å². The first-order chi connectivity index (χ1) is 8.57. The van der Waals surface area contributed by atoms with E-state index in [4.69, 9.17) is 10.2 Å². The maximum absolute atomic E-state index is 10.7. The number of carboxylic acid groups (broad SMARTS) is 2. The zero-order chi connectivity index (χ0) is 13.8. The van der Waals surface area contributed by atoms with Crippen LogP contribution in [0.3, 0.4) is 0 Å². The summed E-state index contributed by atoms with van der Waals surface area (Å²) in [7, 11) is 0. The smallest absolute Gasteiger partial charge is 0.478 e. The lowest BCUT2D eigenvalue weighted by Gasteiger charge is -2.02. The Bertz CT molecular complexity index is 287. The molecule has 0 aromatic heterocycles. The average Bonchev–Trinajstić information content (AvgIpc) is 2.30. The number of unbranched alkanes of at least 4 members (excludes halogenated alkanes) is 7. The van der Waals surface area contributed by atoms with Crippen LogP contribution in [0.1, 0.15) is 66.1 Å². The molecule has 0 aliphatic rings. The first-order valence-corrected chi connectivity index (χ1v) is 6.74. The van der Waals surface area contributed by atoms with Crippen molar-refractivity contribution in [1.82, 2.24) is 0 Å². The van der Waals surface area contributed by atoms with E-state index in [1.54, 1.807) is 0 Å². The zero-order valence-corrected chi connectivity index (χ0v) is 11.2. The summed E-state index contributed by atoms with van der Waals surface area (Å²) in [6.07, 6.45) is 10.2. The van der Waals surface area contributed by atoms with Gasteiger partial charge in [0, 0.05) is 11.6 Å². The lowest BCUT2D eigenvalue weighted by molar-refractivity contribution is -0.135. The summed E-state index contributed by atoms with van der Waals surface area (Å²) in [4.78, 5) is 21.2. The number of carboxylic acids is 2. The van der Waals surface area contributed by atoms with Crippen molar-refractivity contribution in [3.63, 3.8) is 0 Å². The molecule has 0 saturated heterocycles. The molecule has 0 atom stereocenters. The maximum Gasteiger partial charge on any atom is 1.00 e. The molecule has 4 nitrogen and oxygen atoms in total. The molecule has 4 heteroatoms. The fraction of sp³-hybridized carbons (Fsp3) is 0.714. The lowest BCUT2D eigenvalue weighted by atomic mass is 10.0. The van der Waals surface area contributed by atoms with Gasteiger partial charge < -0.3 is 10.2 Å². The number of hydrogen-bond acceptors (Lipinski definition) is 2. The molecule has 0 heterocycles. The van der Waals surface area contributed by atoms with Crippen LogP contribution in [0.4, 0.5) is 0 Å². The molecule has 0 radical (unpaired) electrons. The lowest BCUT2D eigenvalue weighted by Crippen LogP contribution is -2.04. The quantitative estimate of drug-likeness (QED) is 0.437. The van der Waals surface area contributed by atoms with E-state index in [0.29, 0.717) is 6.42 Å². The van der Waals surface area contributed by atoms with Crippen molar-refractivity contribution < 1.29 is 21.2 Å². The standard InChI is InChI=1S/C14H24O4/c1-2-3-4-5-6-7-8-9-10-12(14(17)18)11-13(15)16/h11H,2-10H2,1H3,(H,15,16)(H,17,18)/p+1/b12-11-. The minimum atomic E-state index is -1.19. The van der Waals surface area contributed by atoms with Gasteiger partial charge in [0.1, 0.15) is 0 Å². The van der Waals surface area contributed by atoms with Gasteiger partial charge in [0.05, 0.1) is 0 Å². The first kappa shape index (κ1) is 16.7. The van der Waals surface area contributed by atoms with Crippen LogP contribution < -0.4 is 0 Å². The molecule has 0 rings (SSSR count). The third kappa shape index (κ3) is 9.87. The minimum absolute atomic E-state index is 0. The topological polar surface area (TPSA) is 74.6 Å². The van der Waals surface area contributed by atoms with Crippen molar-refractivity contribution >= 4 is 11.9 Å². The predicted molar refractivity (Wildman–Crippen MR) is 71.7 cm³/mol. The SMILES string of the molecule is CCCCCCCCCC/C(=C/C(=O)O)C(=O)O.[H+]. The first-order valence-electron chi connectivity index (χ1n) is 6.74. The van der Waals surface area contributed by atoms with Crippen LogP contribution in [0.5, 0.6) is 0 Å². The summed E-state index contributed by atoms with van der Waals surface area (Å²) < 4.78 is 0. The van der Waals surface area contributed by atoms with Gasteiger partial charge >= 0.3 is 13.4 Å². The summed E-state index contributed by atoms with van der Waals surface area (Å²) in [5.74, 6) is -2.31. The minimum Gasteiger partial charge on any atom is -0.478 e. The molecule has 0 aromatic rings. The average molecular weight is 257 g/mol. The van der Waals surface area contributed by atoms with Gasteiger partial charge in [-0.3, -0.25) is 0 Å². The van der Waals surface area contributed by atoms with E-state index in [1.165, 1.54) is 32.1 Å². The number of rotatable bonds is 11. The number of aliphatic carboxylic acids is 2. The highest BCUT2D eigenvalue weighted by Crippen LogP contribution is 2.13. The van der Waals surface area contributed by atoms with E-state index in [2.05, 4.69) is 6.92 Å². The van der Waals surface area contributed by atoms with Gasteiger partial charge in [-0.25, -0.2) is 9.59 Å². The Kier molecular flexibility index (Phi) is 10.0. The highest BCUT2D eigenvalue weighted by Gasteiger charge is 2.08. The van der Waals surface area contributed by atoms with Gasteiger partial charge in [0.25, 0.3) is 0 Å². The molecule has 0 unspecified atom stereocenters. The largest absolute Gasteiger partial charge is 1.00 e. The molecular formula is C14H25O4+. The molecule has 0 fully saturated rings. The van der Waals surface area contributed by atoms with E-state index in [9.17, 15) is 9.59 Å². The van der Waals surface area contributed by atoms with Gasteiger partial charge in [-0.2, -0.15) is 0 Å². The molecular weight excluding hydrogens is 232 g/mol. The summed E-state index contributed by atoms with van der Waals surface area (Å²) in [6.45, 7) is 2.18. The second-order valence-electron chi connectivity index (χ2n) is 4.54. The summed E-state index contributed by atoms with van der Waals surface area (Å²) >= 11 is 0. The third-order valence-electron chi connectivity index (χ3n) is 2.87. The fourth-order valence-corrected chi connectivity index (χ4v) is 1.84. The number of hydrogen-bond donors (Lipinski definition) is 2. The van der Waals surface area contributed by atoms with Crippen molar-refractivity contribution in [1.29, 1.82) is 0 Å². The van der Waals surface area contributed by atoms with Crippen LogP contribution in [-0.4, -0.2) is 22.2 Å². The fourth-order valence-electron chi connectivity index (χ4n) is 1.84. The maximum atomic E-state index is 10.7. The Morgan fingerprint density at radius 3 is 1.89 bits per heavy atom. The molecule has 2 N–H and O–H groups in total. The van der Waals surface area contributed by atoms with Crippen molar-refractivity contribution in [3.8, 4) is 0 Å². The zero-order valence-electron chi connectivity index (χ0n) is 12.2. The summed E-state index contributed by atoms with van der Waals surface area (Å²) in [5.41, 5.74) is -0.00603. The molecule has 104 valence electrons. The predicted octanol–water partition coefficient (Wildman–Crippen LogP) is 3.73. The second-order valence-corrected chi connectivity index (χ2v) is 4.54. The molecule has 0 spiro atoms. The Hall–Kier alpha value is -1.32. The molecule has 0 amide bonds. The highest BCUT2D eigenvalue weighted by atomic mass is 16.4. The van der Waals surface area contributed by atoms with Crippen LogP contribution in [0.15, 0.2) is 11.6 Å². The molecule has 0 aromatic carbocycles. The van der Waals surface area contributed by atoms with Gasteiger partial charge in [-0.1, -0.05) is 51.9 Å². The van der Waals surface area contributed by atoms with Crippen molar-refractivity contribution in [2.75, 3.05) is 0 Å². The Morgan fingerprint density at radius 2 is 1.44 bits per heavy atom. The Balaban J connectivity index is 0. The van der Waals surface area contributed by atoms with Crippen molar-refractivity contribution in [2.45, 2.75) is 64.7 Å². The Labute approximate surface area is 110 Å². The summed E-state index contributed by atoms with van der Waals surface area (Å²) in [5, 5.41) is 17.3. The van der Waals surface area contributed by atoms with E-state index in [-0.39, 0.29) is 7.00 Å². The van der Waals surface area contributed by atoms with Crippen LogP contribution >= 0.6 is 0 Å². The van der Waals surface area contributed by atoms with E-state index < -0.39 is 11.9 Å². The van der Waals surface area contributed by atoms with E-state index in [1.807, 2.05) is 0 Å². The van der Waals surface area contributed by atoms with Crippen molar-refractivity contribution in [3.05, 3.63) is 11.6 Å². The van der Waals surface area contributed by atoms with Crippen molar-refractivity contribution in [2.24, 2.45) is 0 Å². The molecule has 0 aliphatic carbocycles. The number of carbonyl (C=O) groups is 2. The summed E-state index contributed by atoms with van der Waals surface area (Å²) in [6, 6.07) is 0. The second kappa shape index (κ2) is 10.8. The molecule has 0 aliphatic heterocycles.